The second-order valence-electron chi connectivity index (χ2n) is 4.46. The Morgan fingerprint density at radius 1 is 0.947 bits per heavy atom. The Balaban J connectivity index is 1.90. The first-order valence-corrected chi connectivity index (χ1v) is 6.39. The van der Waals surface area contributed by atoms with Crippen LogP contribution in [0.2, 0.25) is 0 Å². The van der Waals surface area contributed by atoms with Crippen LogP contribution in [0.1, 0.15) is 12.0 Å². The summed E-state index contributed by atoms with van der Waals surface area (Å²) in [7, 11) is 0. The number of primary amides is 1. The van der Waals surface area contributed by atoms with E-state index in [-0.39, 0.29) is 5.91 Å². The summed E-state index contributed by atoms with van der Waals surface area (Å²) in [5.41, 5.74) is 8.70. The molecule has 2 aromatic carbocycles. The smallest absolute Gasteiger partial charge is 0.218 e. The van der Waals surface area contributed by atoms with Gasteiger partial charge in [0.1, 0.15) is 0 Å². The predicted octanol–water partition coefficient (Wildman–Crippen LogP) is 2.32. The highest BCUT2D eigenvalue weighted by Gasteiger charge is 1.98. The fourth-order valence-electron chi connectivity index (χ4n) is 1.89. The third-order valence-electron chi connectivity index (χ3n) is 2.94. The molecule has 2 rings (SSSR count). The molecule has 0 atom stereocenters. The van der Waals surface area contributed by atoms with Crippen LogP contribution in [-0.4, -0.2) is 12.5 Å². The summed E-state index contributed by atoms with van der Waals surface area (Å²) in [5.74, 6) is -0.271. The van der Waals surface area contributed by atoms with Gasteiger partial charge in [0.15, 0.2) is 0 Å². The minimum atomic E-state index is -0.271. The molecule has 0 spiro atoms. The molecule has 0 fully saturated rings. The standard InChI is InChI=1S/C16H18N2O/c17-16(19)10-11-18-12-13-6-8-15(9-7-13)14-4-2-1-3-5-14/h1-9,18H,10-12H2,(H2,17,19). The molecule has 0 aliphatic heterocycles. The summed E-state index contributed by atoms with van der Waals surface area (Å²) in [6.45, 7) is 1.37. The Labute approximate surface area is 113 Å². The molecule has 0 saturated carbocycles. The van der Waals surface area contributed by atoms with Crippen molar-refractivity contribution in [2.75, 3.05) is 6.54 Å². The maximum atomic E-state index is 10.6. The van der Waals surface area contributed by atoms with Crippen LogP contribution in [0.25, 0.3) is 11.1 Å². The number of amides is 1. The minimum absolute atomic E-state index is 0.271. The molecule has 0 saturated heterocycles. The molecule has 2 aromatic rings. The van der Waals surface area contributed by atoms with Gasteiger partial charge in [0, 0.05) is 19.5 Å². The second-order valence-corrected chi connectivity index (χ2v) is 4.46. The van der Waals surface area contributed by atoms with Gasteiger partial charge in [-0.15, -0.1) is 0 Å². The lowest BCUT2D eigenvalue weighted by Gasteiger charge is -2.06. The molecule has 0 aliphatic rings. The number of carbonyl (C=O) groups excluding carboxylic acids is 1. The first-order valence-electron chi connectivity index (χ1n) is 6.39. The van der Waals surface area contributed by atoms with Gasteiger partial charge in [0.25, 0.3) is 0 Å². The Morgan fingerprint density at radius 3 is 2.21 bits per heavy atom. The summed E-state index contributed by atoms with van der Waals surface area (Å²) in [6, 6.07) is 18.7. The fourth-order valence-corrected chi connectivity index (χ4v) is 1.89. The van der Waals surface area contributed by atoms with E-state index in [9.17, 15) is 4.79 Å². The molecule has 3 nitrogen and oxygen atoms in total. The number of rotatable bonds is 6. The normalized spacial score (nSPS) is 10.3. The zero-order valence-corrected chi connectivity index (χ0v) is 10.8. The van der Waals surface area contributed by atoms with E-state index in [0.717, 1.165) is 6.54 Å². The van der Waals surface area contributed by atoms with Crippen molar-refractivity contribution >= 4 is 5.91 Å². The topological polar surface area (TPSA) is 55.1 Å². The van der Waals surface area contributed by atoms with Gasteiger partial charge in [-0.25, -0.2) is 0 Å². The Hall–Kier alpha value is -2.13. The molecule has 0 unspecified atom stereocenters. The highest BCUT2D eigenvalue weighted by Crippen LogP contribution is 2.19. The first-order chi connectivity index (χ1) is 9.25. The lowest BCUT2D eigenvalue weighted by Crippen LogP contribution is -2.21. The lowest BCUT2D eigenvalue weighted by molar-refractivity contribution is -0.117. The van der Waals surface area contributed by atoms with E-state index in [1.54, 1.807) is 0 Å². The van der Waals surface area contributed by atoms with E-state index in [1.165, 1.54) is 16.7 Å². The zero-order valence-electron chi connectivity index (χ0n) is 10.8. The van der Waals surface area contributed by atoms with Gasteiger partial charge in [-0.3, -0.25) is 4.79 Å². The fraction of sp³-hybridized carbons (Fsp3) is 0.188. The summed E-state index contributed by atoms with van der Waals surface area (Å²) in [6.07, 6.45) is 0.377. The third kappa shape index (κ3) is 4.23. The summed E-state index contributed by atoms with van der Waals surface area (Å²) in [5, 5.41) is 3.19. The van der Waals surface area contributed by atoms with Crippen LogP contribution >= 0.6 is 0 Å². The van der Waals surface area contributed by atoms with Crippen molar-refractivity contribution in [2.45, 2.75) is 13.0 Å². The number of hydrogen-bond donors (Lipinski definition) is 2. The average molecular weight is 254 g/mol. The van der Waals surface area contributed by atoms with Crippen LogP contribution in [0.4, 0.5) is 0 Å². The summed E-state index contributed by atoms with van der Waals surface area (Å²) in [4.78, 5) is 10.6. The van der Waals surface area contributed by atoms with E-state index in [2.05, 4.69) is 41.7 Å². The molecule has 0 heterocycles. The molecule has 0 aromatic heterocycles. The molecule has 1 amide bonds. The maximum Gasteiger partial charge on any atom is 0.218 e. The van der Waals surface area contributed by atoms with Crippen molar-refractivity contribution in [3.8, 4) is 11.1 Å². The average Bonchev–Trinajstić information content (AvgIpc) is 2.45. The van der Waals surface area contributed by atoms with Crippen molar-refractivity contribution in [3.63, 3.8) is 0 Å². The van der Waals surface area contributed by atoms with Crippen molar-refractivity contribution in [1.82, 2.24) is 5.32 Å². The summed E-state index contributed by atoms with van der Waals surface area (Å²) >= 11 is 0. The van der Waals surface area contributed by atoms with Gasteiger partial charge >= 0.3 is 0 Å². The quantitative estimate of drug-likeness (QED) is 0.777. The molecule has 3 N–H and O–H groups in total. The van der Waals surface area contributed by atoms with Gasteiger partial charge < -0.3 is 11.1 Å². The van der Waals surface area contributed by atoms with Crippen LogP contribution < -0.4 is 11.1 Å². The van der Waals surface area contributed by atoms with E-state index in [1.807, 2.05) is 18.2 Å². The molecule has 0 bridgehead atoms. The van der Waals surface area contributed by atoms with Crippen LogP contribution in [0.3, 0.4) is 0 Å². The number of carbonyl (C=O) groups is 1. The van der Waals surface area contributed by atoms with E-state index >= 15 is 0 Å². The monoisotopic (exact) mass is 254 g/mol. The first kappa shape index (κ1) is 13.3. The minimum Gasteiger partial charge on any atom is -0.370 e. The lowest BCUT2D eigenvalue weighted by atomic mass is 10.0. The molecular weight excluding hydrogens is 236 g/mol. The van der Waals surface area contributed by atoms with Crippen LogP contribution in [0.15, 0.2) is 54.6 Å². The number of hydrogen-bond acceptors (Lipinski definition) is 2. The SMILES string of the molecule is NC(=O)CCNCc1ccc(-c2ccccc2)cc1. The third-order valence-corrected chi connectivity index (χ3v) is 2.94. The predicted molar refractivity (Wildman–Crippen MR) is 77.4 cm³/mol. The van der Waals surface area contributed by atoms with E-state index in [0.29, 0.717) is 13.0 Å². The van der Waals surface area contributed by atoms with Crippen molar-refractivity contribution < 1.29 is 4.79 Å². The van der Waals surface area contributed by atoms with E-state index < -0.39 is 0 Å². The van der Waals surface area contributed by atoms with Gasteiger partial charge in [0.05, 0.1) is 0 Å². The second kappa shape index (κ2) is 6.71. The Morgan fingerprint density at radius 2 is 1.58 bits per heavy atom. The molecule has 0 radical (unpaired) electrons. The number of nitrogens with two attached hydrogens (primary N) is 1. The van der Waals surface area contributed by atoms with Gasteiger partial charge in [-0.05, 0) is 16.7 Å². The van der Waals surface area contributed by atoms with Crippen LogP contribution in [0, 0.1) is 0 Å². The van der Waals surface area contributed by atoms with Crippen LogP contribution in [-0.2, 0) is 11.3 Å². The molecular formula is C16H18N2O. The number of nitrogens with one attached hydrogen (secondary N) is 1. The van der Waals surface area contributed by atoms with Crippen molar-refractivity contribution in [1.29, 1.82) is 0 Å². The highest BCUT2D eigenvalue weighted by molar-refractivity contribution is 5.73. The summed E-state index contributed by atoms with van der Waals surface area (Å²) < 4.78 is 0. The Kier molecular flexibility index (Phi) is 4.70. The van der Waals surface area contributed by atoms with Gasteiger partial charge in [-0.2, -0.15) is 0 Å². The highest BCUT2D eigenvalue weighted by atomic mass is 16.1. The largest absolute Gasteiger partial charge is 0.370 e. The molecule has 98 valence electrons. The number of benzene rings is 2. The van der Waals surface area contributed by atoms with Gasteiger partial charge in [-0.1, -0.05) is 54.6 Å². The Bertz CT molecular complexity index is 520. The molecule has 19 heavy (non-hydrogen) atoms. The van der Waals surface area contributed by atoms with Gasteiger partial charge in [0.2, 0.25) is 5.91 Å². The van der Waals surface area contributed by atoms with Crippen molar-refractivity contribution in [2.24, 2.45) is 5.73 Å². The van der Waals surface area contributed by atoms with Crippen molar-refractivity contribution in [3.05, 3.63) is 60.2 Å². The van der Waals surface area contributed by atoms with Crippen LogP contribution in [0.5, 0.6) is 0 Å². The maximum absolute atomic E-state index is 10.6. The zero-order chi connectivity index (χ0) is 13.5. The van der Waals surface area contributed by atoms with E-state index in [4.69, 9.17) is 5.73 Å². The molecule has 3 heteroatoms. The molecule has 0 aliphatic carbocycles.